The van der Waals surface area contributed by atoms with Crippen LogP contribution in [0.1, 0.15) is 6.42 Å². The van der Waals surface area contributed by atoms with Crippen molar-refractivity contribution >= 4 is 22.4 Å². The van der Waals surface area contributed by atoms with Gasteiger partial charge in [0, 0.05) is 25.1 Å². The van der Waals surface area contributed by atoms with Crippen molar-refractivity contribution in [3.63, 3.8) is 0 Å². The molecule has 0 amide bonds. The molecule has 8 nitrogen and oxygen atoms in total. The van der Waals surface area contributed by atoms with E-state index in [9.17, 15) is 13.2 Å². The summed E-state index contributed by atoms with van der Waals surface area (Å²) in [6.07, 6.45) is 0.0488. The van der Waals surface area contributed by atoms with Crippen LogP contribution in [-0.4, -0.2) is 60.9 Å². The molecule has 11 heteroatoms. The largest absolute Gasteiger partial charge is 0.497 e. The van der Waals surface area contributed by atoms with Crippen molar-refractivity contribution < 1.29 is 32.1 Å². The molecule has 0 bridgehead atoms. The fraction of sp³-hybridized carbons (Fsp3) is 0.364. The number of aromatic nitrogens is 2. The van der Waals surface area contributed by atoms with Gasteiger partial charge in [0.15, 0.2) is 23.4 Å². The van der Waals surface area contributed by atoms with Crippen molar-refractivity contribution in [2.75, 3.05) is 39.4 Å². The number of hydrogen-bond donors (Lipinski definition) is 1. The number of likely N-dealkylation sites (tertiary alicyclic amines) is 1. The van der Waals surface area contributed by atoms with Gasteiger partial charge in [-0.05, 0) is 19.2 Å². The second-order valence-corrected chi connectivity index (χ2v) is 7.92. The Kier molecular flexibility index (Phi) is 5.28. The summed E-state index contributed by atoms with van der Waals surface area (Å²) in [7, 11) is 3.09. The molecule has 0 spiro atoms. The van der Waals surface area contributed by atoms with Crippen molar-refractivity contribution in [3.8, 4) is 23.0 Å². The maximum Gasteiger partial charge on any atom is 0.296 e. The van der Waals surface area contributed by atoms with Crippen LogP contribution in [0.4, 0.5) is 24.7 Å². The fourth-order valence-electron chi connectivity index (χ4n) is 4.01. The Bertz CT molecular complexity index is 1210. The van der Waals surface area contributed by atoms with Crippen LogP contribution in [0, 0.1) is 5.82 Å². The number of hydrogen-bond acceptors (Lipinski definition) is 8. The molecule has 1 saturated heterocycles. The standard InChI is InChI=1S/C22H21F3N4O4/c1-29-6-5-17(22(24,25)9-29)33-16-8-12(30-2)7-14-18(16)21(27-10-26-14)28-19-13(23)3-4-15-20(19)32-11-31-15/h3-4,7-8,10,17H,5-6,9,11H2,1-2H3,(H,26,27,28). The minimum atomic E-state index is -3.07. The molecule has 1 fully saturated rings. The van der Waals surface area contributed by atoms with E-state index < -0.39 is 24.4 Å². The molecule has 33 heavy (non-hydrogen) atoms. The number of halogens is 3. The zero-order chi connectivity index (χ0) is 23.2. The van der Waals surface area contributed by atoms with Gasteiger partial charge in [-0.1, -0.05) is 0 Å². The number of alkyl halides is 2. The predicted octanol–water partition coefficient (Wildman–Crippen LogP) is 3.97. The number of benzene rings is 2. The highest BCUT2D eigenvalue weighted by Crippen LogP contribution is 2.44. The molecule has 3 aromatic rings. The highest BCUT2D eigenvalue weighted by molar-refractivity contribution is 5.97. The Balaban J connectivity index is 1.59. The number of nitrogens with one attached hydrogen (secondary N) is 1. The fourth-order valence-corrected chi connectivity index (χ4v) is 4.01. The summed E-state index contributed by atoms with van der Waals surface area (Å²) < 4.78 is 66.0. The van der Waals surface area contributed by atoms with Crippen LogP contribution in [0.3, 0.4) is 0 Å². The summed E-state index contributed by atoms with van der Waals surface area (Å²) >= 11 is 0. The number of rotatable bonds is 5. The van der Waals surface area contributed by atoms with Gasteiger partial charge in [-0.3, -0.25) is 0 Å². The van der Waals surface area contributed by atoms with Crippen LogP contribution >= 0.6 is 0 Å². The van der Waals surface area contributed by atoms with Gasteiger partial charge in [0.25, 0.3) is 5.92 Å². The van der Waals surface area contributed by atoms with Gasteiger partial charge >= 0.3 is 0 Å². The van der Waals surface area contributed by atoms with E-state index in [4.69, 9.17) is 18.9 Å². The Labute approximate surface area is 187 Å². The average molecular weight is 462 g/mol. The molecule has 2 aliphatic rings. The minimum absolute atomic E-state index is 0.0105. The molecule has 2 aliphatic heterocycles. The number of ether oxygens (including phenoxy) is 4. The first-order chi connectivity index (χ1) is 15.9. The van der Waals surface area contributed by atoms with Gasteiger partial charge < -0.3 is 29.2 Å². The van der Waals surface area contributed by atoms with Gasteiger partial charge in [0.2, 0.25) is 6.79 Å². The average Bonchev–Trinajstić information content (AvgIpc) is 3.26. The van der Waals surface area contributed by atoms with Gasteiger partial charge in [-0.25, -0.2) is 23.1 Å². The zero-order valence-corrected chi connectivity index (χ0v) is 17.9. The van der Waals surface area contributed by atoms with Gasteiger partial charge in [-0.2, -0.15) is 0 Å². The molecule has 3 heterocycles. The minimum Gasteiger partial charge on any atom is -0.497 e. The van der Waals surface area contributed by atoms with Crippen LogP contribution < -0.4 is 24.3 Å². The quantitative estimate of drug-likeness (QED) is 0.611. The smallest absolute Gasteiger partial charge is 0.296 e. The monoisotopic (exact) mass is 462 g/mol. The summed E-state index contributed by atoms with van der Waals surface area (Å²) in [5.41, 5.74) is 0.389. The number of nitrogens with zero attached hydrogens (tertiary/aromatic N) is 3. The molecule has 1 N–H and O–H groups in total. The van der Waals surface area contributed by atoms with Crippen molar-refractivity contribution in [1.29, 1.82) is 0 Å². The summed E-state index contributed by atoms with van der Waals surface area (Å²) in [6, 6.07) is 5.81. The maximum atomic E-state index is 14.7. The second kappa shape index (κ2) is 8.14. The molecule has 5 rings (SSSR count). The Morgan fingerprint density at radius 1 is 1.21 bits per heavy atom. The van der Waals surface area contributed by atoms with E-state index in [0.29, 0.717) is 28.9 Å². The van der Waals surface area contributed by atoms with E-state index in [0.717, 1.165) is 0 Å². The normalized spacial score (nSPS) is 19.5. The third-order valence-corrected chi connectivity index (χ3v) is 5.64. The van der Waals surface area contributed by atoms with Crippen LogP contribution in [0.15, 0.2) is 30.6 Å². The lowest BCUT2D eigenvalue weighted by Crippen LogP contribution is -2.52. The first-order valence-corrected chi connectivity index (χ1v) is 10.3. The third kappa shape index (κ3) is 3.92. The highest BCUT2D eigenvalue weighted by atomic mass is 19.3. The lowest BCUT2D eigenvalue weighted by molar-refractivity contribution is -0.134. The Morgan fingerprint density at radius 3 is 2.85 bits per heavy atom. The van der Waals surface area contributed by atoms with Crippen LogP contribution in [-0.2, 0) is 0 Å². The molecular weight excluding hydrogens is 441 g/mol. The van der Waals surface area contributed by atoms with Crippen LogP contribution in [0.25, 0.3) is 10.9 Å². The van der Waals surface area contributed by atoms with E-state index in [1.807, 2.05) is 0 Å². The molecular formula is C22H21F3N4O4. The molecule has 0 radical (unpaired) electrons. The Morgan fingerprint density at radius 2 is 2.06 bits per heavy atom. The van der Waals surface area contributed by atoms with Crippen molar-refractivity contribution in [1.82, 2.24) is 14.9 Å². The number of methoxy groups -OCH3 is 1. The third-order valence-electron chi connectivity index (χ3n) is 5.64. The molecule has 1 atom stereocenters. The molecule has 1 unspecified atom stereocenters. The SMILES string of the molecule is COc1cc(OC2CCN(C)CC2(F)F)c2c(Nc3c(F)ccc4c3OCO4)ncnc2c1. The lowest BCUT2D eigenvalue weighted by atomic mass is 10.0. The first kappa shape index (κ1) is 21.4. The van der Waals surface area contributed by atoms with E-state index >= 15 is 0 Å². The summed E-state index contributed by atoms with van der Waals surface area (Å²) in [4.78, 5) is 10.0. The van der Waals surface area contributed by atoms with Crippen molar-refractivity contribution in [2.24, 2.45) is 0 Å². The predicted molar refractivity (Wildman–Crippen MR) is 113 cm³/mol. The highest BCUT2D eigenvalue weighted by Gasteiger charge is 2.45. The van der Waals surface area contributed by atoms with Gasteiger partial charge in [-0.15, -0.1) is 0 Å². The van der Waals surface area contributed by atoms with Crippen LogP contribution in [0.2, 0.25) is 0 Å². The zero-order valence-electron chi connectivity index (χ0n) is 17.9. The van der Waals surface area contributed by atoms with E-state index in [1.54, 1.807) is 18.0 Å². The van der Waals surface area contributed by atoms with Crippen molar-refractivity contribution in [3.05, 3.63) is 36.4 Å². The molecule has 1 aromatic heterocycles. The second-order valence-electron chi connectivity index (χ2n) is 7.92. The van der Waals surface area contributed by atoms with Crippen LogP contribution in [0.5, 0.6) is 23.0 Å². The summed E-state index contributed by atoms with van der Waals surface area (Å²) in [5.74, 6) is -2.45. The number of fused-ring (bicyclic) bond motifs is 2. The molecule has 174 valence electrons. The van der Waals surface area contributed by atoms with Crippen molar-refractivity contribution in [2.45, 2.75) is 18.4 Å². The van der Waals surface area contributed by atoms with E-state index in [1.165, 1.54) is 31.6 Å². The van der Waals surface area contributed by atoms with E-state index in [-0.39, 0.29) is 36.2 Å². The lowest BCUT2D eigenvalue weighted by Gasteiger charge is -2.36. The summed E-state index contributed by atoms with van der Waals surface area (Å²) in [5, 5.41) is 3.22. The summed E-state index contributed by atoms with van der Waals surface area (Å²) in [6.45, 7) is -0.00288. The Hall–Kier alpha value is -3.47. The van der Waals surface area contributed by atoms with Gasteiger partial charge in [0.1, 0.15) is 29.3 Å². The molecule has 0 aliphatic carbocycles. The maximum absolute atomic E-state index is 14.7. The molecule has 2 aromatic carbocycles. The topological polar surface area (TPSA) is 78.0 Å². The molecule has 0 saturated carbocycles. The number of piperidine rings is 1. The van der Waals surface area contributed by atoms with Gasteiger partial charge in [0.05, 0.1) is 24.6 Å². The first-order valence-electron chi connectivity index (χ1n) is 10.3. The number of anilines is 2. The van der Waals surface area contributed by atoms with E-state index in [2.05, 4.69) is 15.3 Å².